The number of ether oxygens (including phenoxy) is 1. The van der Waals surface area contributed by atoms with Gasteiger partial charge in [-0.05, 0) is 25.5 Å². The number of fused-ring (bicyclic) bond motifs is 1. The molecular weight excluding hydrogens is 358 g/mol. The molecule has 0 amide bonds. The minimum absolute atomic E-state index is 0.00576. The van der Waals surface area contributed by atoms with Gasteiger partial charge in [0, 0.05) is 29.5 Å². The van der Waals surface area contributed by atoms with E-state index in [1.165, 1.54) is 23.9 Å². The highest BCUT2D eigenvalue weighted by Gasteiger charge is 2.49. The van der Waals surface area contributed by atoms with Crippen molar-refractivity contribution in [2.75, 3.05) is 12.4 Å². The van der Waals surface area contributed by atoms with E-state index in [1.54, 1.807) is 6.20 Å². The number of hydrogen-bond donors (Lipinski definition) is 1. The summed E-state index contributed by atoms with van der Waals surface area (Å²) in [4.78, 5) is 13.1. The predicted octanol–water partition coefficient (Wildman–Crippen LogP) is 3.10. The Morgan fingerprint density at radius 3 is 2.92 bits per heavy atom. The van der Waals surface area contributed by atoms with Gasteiger partial charge < -0.3 is 10.5 Å². The summed E-state index contributed by atoms with van der Waals surface area (Å²) < 4.78 is 34.0. The molecule has 8 heteroatoms. The Morgan fingerprint density at radius 1 is 1.31 bits per heavy atom. The first-order valence-electron chi connectivity index (χ1n) is 8.33. The van der Waals surface area contributed by atoms with Gasteiger partial charge >= 0.3 is 0 Å². The standard InChI is InChI=1S/C18H18F2N4OS/c1-10-22-5-4-15(23-10)16-6-11-8-26-17(21)24-18(11,9-25-16)13-3-2-12(19)7-14(13)20/h2-5,7,11,16H,6,8-9H2,1H3,(H2,21,24)/t11-,16+,18-/m0/s1. The molecule has 5 nitrogen and oxygen atoms in total. The molecule has 4 rings (SSSR count). The van der Waals surface area contributed by atoms with Crippen molar-refractivity contribution in [3.8, 4) is 0 Å². The first-order chi connectivity index (χ1) is 12.5. The number of aliphatic imine (C=N–C) groups is 1. The van der Waals surface area contributed by atoms with Crippen LogP contribution >= 0.6 is 11.8 Å². The SMILES string of the molecule is Cc1nccc([C@H]2C[C@H]3CSC(N)=N[C@@]3(c3ccc(F)cc3F)CO2)n1. The number of thioether (sulfide) groups is 1. The zero-order chi connectivity index (χ0) is 18.3. The van der Waals surface area contributed by atoms with E-state index < -0.39 is 17.2 Å². The molecule has 1 aromatic heterocycles. The van der Waals surface area contributed by atoms with Gasteiger partial charge in [0.05, 0.1) is 12.3 Å². The normalized spacial score (nSPS) is 28.3. The van der Waals surface area contributed by atoms with Gasteiger partial charge in [0.25, 0.3) is 0 Å². The predicted molar refractivity (Wildman–Crippen MR) is 95.7 cm³/mol. The Morgan fingerprint density at radius 2 is 2.15 bits per heavy atom. The van der Waals surface area contributed by atoms with Crippen molar-refractivity contribution < 1.29 is 13.5 Å². The molecule has 0 aliphatic carbocycles. The molecular formula is C18H18F2N4OS. The summed E-state index contributed by atoms with van der Waals surface area (Å²) in [5.41, 5.74) is 6.14. The molecule has 0 bridgehead atoms. The Balaban J connectivity index is 1.72. The van der Waals surface area contributed by atoms with E-state index in [0.29, 0.717) is 28.7 Å². The second-order valence-corrected chi connectivity index (χ2v) is 7.61. The third-order valence-electron chi connectivity index (χ3n) is 4.95. The second kappa shape index (κ2) is 6.59. The van der Waals surface area contributed by atoms with Crippen LogP contribution in [0, 0.1) is 24.5 Å². The fourth-order valence-electron chi connectivity index (χ4n) is 3.67. The first-order valence-corrected chi connectivity index (χ1v) is 9.31. The van der Waals surface area contributed by atoms with Crippen LogP contribution in [0.5, 0.6) is 0 Å². The van der Waals surface area contributed by atoms with Crippen LogP contribution in [0.4, 0.5) is 8.78 Å². The van der Waals surface area contributed by atoms with Crippen molar-refractivity contribution in [3.63, 3.8) is 0 Å². The number of aryl methyl sites for hydroxylation is 1. The Hall–Kier alpha value is -2.06. The van der Waals surface area contributed by atoms with E-state index in [2.05, 4.69) is 15.0 Å². The van der Waals surface area contributed by atoms with E-state index in [9.17, 15) is 8.78 Å². The lowest BCUT2D eigenvalue weighted by Crippen LogP contribution is -2.48. The van der Waals surface area contributed by atoms with Gasteiger partial charge in [-0.25, -0.2) is 23.7 Å². The Bertz CT molecular complexity index is 878. The molecule has 136 valence electrons. The van der Waals surface area contributed by atoms with Crippen LogP contribution in [0.25, 0.3) is 0 Å². The summed E-state index contributed by atoms with van der Waals surface area (Å²) in [5.74, 6) is 0.114. The fourth-order valence-corrected chi connectivity index (χ4v) is 4.68. The van der Waals surface area contributed by atoms with E-state index >= 15 is 0 Å². The Kier molecular flexibility index (Phi) is 4.40. The molecule has 2 aliphatic heterocycles. The second-order valence-electron chi connectivity index (χ2n) is 6.57. The van der Waals surface area contributed by atoms with Gasteiger partial charge in [-0.1, -0.05) is 17.8 Å². The van der Waals surface area contributed by atoms with E-state index in [4.69, 9.17) is 10.5 Å². The van der Waals surface area contributed by atoms with Gasteiger partial charge in [-0.3, -0.25) is 0 Å². The van der Waals surface area contributed by atoms with Crippen molar-refractivity contribution in [3.05, 3.63) is 59.2 Å². The number of halogens is 2. The van der Waals surface area contributed by atoms with Gasteiger partial charge in [-0.15, -0.1) is 0 Å². The lowest BCUT2D eigenvalue weighted by molar-refractivity contribution is -0.0607. The maximum atomic E-state index is 14.6. The third kappa shape index (κ3) is 2.97. The van der Waals surface area contributed by atoms with Gasteiger partial charge in [0.15, 0.2) is 5.17 Å². The van der Waals surface area contributed by atoms with Crippen LogP contribution in [-0.4, -0.2) is 27.5 Å². The maximum absolute atomic E-state index is 14.6. The molecule has 0 saturated carbocycles. The number of nitrogens with zero attached hydrogens (tertiary/aromatic N) is 3. The van der Waals surface area contributed by atoms with Crippen LogP contribution in [-0.2, 0) is 10.3 Å². The largest absolute Gasteiger partial charge is 0.379 e. The lowest BCUT2D eigenvalue weighted by atomic mass is 9.74. The number of benzene rings is 1. The Labute approximate surface area is 154 Å². The van der Waals surface area contributed by atoms with Crippen molar-refractivity contribution in [1.82, 2.24) is 9.97 Å². The molecule has 0 unspecified atom stereocenters. The van der Waals surface area contributed by atoms with Crippen LogP contribution in [0.1, 0.15) is 29.6 Å². The summed E-state index contributed by atoms with van der Waals surface area (Å²) in [6.45, 7) is 1.99. The monoisotopic (exact) mass is 376 g/mol. The fraction of sp³-hybridized carbons (Fsp3) is 0.389. The van der Waals surface area contributed by atoms with E-state index in [1.807, 2.05) is 13.0 Å². The van der Waals surface area contributed by atoms with Crippen LogP contribution < -0.4 is 5.73 Å². The highest BCUT2D eigenvalue weighted by Crippen LogP contribution is 2.49. The van der Waals surface area contributed by atoms with Crippen molar-refractivity contribution >= 4 is 16.9 Å². The molecule has 1 aromatic carbocycles. The molecule has 2 aliphatic rings. The van der Waals surface area contributed by atoms with Gasteiger partial charge in [-0.2, -0.15) is 0 Å². The van der Waals surface area contributed by atoms with Crippen molar-refractivity contribution in [2.45, 2.75) is 25.0 Å². The smallest absolute Gasteiger partial charge is 0.154 e. The minimum Gasteiger partial charge on any atom is -0.379 e. The molecule has 1 saturated heterocycles. The van der Waals surface area contributed by atoms with Crippen LogP contribution in [0.2, 0.25) is 0 Å². The molecule has 1 fully saturated rings. The molecule has 3 atom stereocenters. The molecule has 2 N–H and O–H groups in total. The molecule has 26 heavy (non-hydrogen) atoms. The summed E-state index contributed by atoms with van der Waals surface area (Å²) in [7, 11) is 0. The molecule has 3 heterocycles. The van der Waals surface area contributed by atoms with Gasteiger partial charge in [0.1, 0.15) is 29.1 Å². The van der Waals surface area contributed by atoms with Crippen molar-refractivity contribution in [1.29, 1.82) is 0 Å². The lowest BCUT2D eigenvalue weighted by Gasteiger charge is -2.46. The molecule has 0 spiro atoms. The zero-order valence-electron chi connectivity index (χ0n) is 14.2. The van der Waals surface area contributed by atoms with Gasteiger partial charge in [0.2, 0.25) is 0 Å². The van der Waals surface area contributed by atoms with Crippen LogP contribution in [0.3, 0.4) is 0 Å². The average molecular weight is 376 g/mol. The third-order valence-corrected chi connectivity index (χ3v) is 5.90. The summed E-state index contributed by atoms with van der Waals surface area (Å²) in [6.07, 6.45) is 2.11. The number of amidine groups is 1. The first kappa shape index (κ1) is 17.4. The van der Waals surface area contributed by atoms with Crippen molar-refractivity contribution in [2.24, 2.45) is 16.6 Å². The number of rotatable bonds is 2. The number of aromatic nitrogens is 2. The number of hydrogen-bond acceptors (Lipinski definition) is 6. The highest BCUT2D eigenvalue weighted by molar-refractivity contribution is 8.13. The molecule has 0 radical (unpaired) electrons. The number of nitrogens with two attached hydrogens (primary N) is 1. The van der Waals surface area contributed by atoms with E-state index in [-0.39, 0.29) is 18.6 Å². The molecule has 2 aromatic rings. The average Bonchev–Trinajstić information content (AvgIpc) is 2.61. The minimum atomic E-state index is -0.939. The van der Waals surface area contributed by atoms with Crippen LogP contribution in [0.15, 0.2) is 35.5 Å². The summed E-state index contributed by atoms with van der Waals surface area (Å²) in [6, 6.07) is 5.41. The quantitative estimate of drug-likeness (QED) is 0.872. The topological polar surface area (TPSA) is 73.4 Å². The highest BCUT2D eigenvalue weighted by atomic mass is 32.2. The van der Waals surface area contributed by atoms with E-state index in [0.717, 1.165) is 11.8 Å². The zero-order valence-corrected chi connectivity index (χ0v) is 15.0. The maximum Gasteiger partial charge on any atom is 0.154 e. The summed E-state index contributed by atoms with van der Waals surface area (Å²) >= 11 is 1.45. The summed E-state index contributed by atoms with van der Waals surface area (Å²) in [5, 5.41) is 0.393.